The number of nitrogens with two attached hydrogens (primary N) is 1. The van der Waals surface area contributed by atoms with E-state index in [4.69, 9.17) is 28.9 Å². The summed E-state index contributed by atoms with van der Waals surface area (Å²) in [6.07, 6.45) is 1.65. The van der Waals surface area contributed by atoms with Crippen molar-refractivity contribution >= 4 is 45.6 Å². The van der Waals surface area contributed by atoms with E-state index in [9.17, 15) is 4.79 Å². The highest BCUT2D eigenvalue weighted by Crippen LogP contribution is 2.29. The van der Waals surface area contributed by atoms with Crippen molar-refractivity contribution in [2.75, 3.05) is 5.73 Å². The number of H-pyrrole nitrogens is 1. The highest BCUT2D eigenvalue weighted by Gasteiger charge is 2.18. The Hall–Kier alpha value is -1.97. The average Bonchev–Trinajstić information content (AvgIpc) is 2.83. The fourth-order valence-corrected chi connectivity index (χ4v) is 2.66. The Bertz CT molecular complexity index is 824. The van der Waals surface area contributed by atoms with Crippen LogP contribution in [0.2, 0.25) is 10.0 Å². The van der Waals surface area contributed by atoms with Gasteiger partial charge in [-0.1, -0.05) is 29.3 Å². The van der Waals surface area contributed by atoms with Gasteiger partial charge in [-0.2, -0.15) is 0 Å². The minimum Gasteiger partial charge on any atom is -0.398 e. The molecule has 20 heavy (non-hydrogen) atoms. The molecule has 0 radical (unpaired) electrons. The Balaban J connectivity index is 2.18. The van der Waals surface area contributed by atoms with E-state index in [1.807, 2.05) is 12.1 Å². The predicted molar refractivity (Wildman–Crippen MR) is 82.6 cm³/mol. The van der Waals surface area contributed by atoms with Gasteiger partial charge < -0.3 is 10.7 Å². The maximum atomic E-state index is 12.6. The van der Waals surface area contributed by atoms with Crippen LogP contribution in [0.4, 0.5) is 5.69 Å². The van der Waals surface area contributed by atoms with Crippen LogP contribution in [0, 0.1) is 0 Å². The molecule has 0 unspecified atom stereocenters. The van der Waals surface area contributed by atoms with Gasteiger partial charge in [0.25, 0.3) is 0 Å². The standard InChI is InChI=1S/C15H10Cl2N2O/c16-8-4-5-9(12(18)6-8)15(20)10-7-19-13-3-1-2-11(17)14(10)13/h1-7,19H,18H2. The molecule has 100 valence electrons. The molecule has 1 aromatic heterocycles. The van der Waals surface area contributed by atoms with Crippen molar-refractivity contribution in [3.63, 3.8) is 0 Å². The molecule has 0 amide bonds. The fraction of sp³-hybridized carbons (Fsp3) is 0. The number of benzene rings is 2. The molecule has 0 saturated heterocycles. The number of halogens is 2. The summed E-state index contributed by atoms with van der Waals surface area (Å²) in [5.74, 6) is -0.182. The van der Waals surface area contributed by atoms with Crippen LogP contribution in [0.5, 0.6) is 0 Å². The normalized spacial score (nSPS) is 10.9. The van der Waals surface area contributed by atoms with Crippen molar-refractivity contribution in [2.45, 2.75) is 0 Å². The van der Waals surface area contributed by atoms with Crippen LogP contribution in [-0.4, -0.2) is 10.8 Å². The summed E-state index contributed by atoms with van der Waals surface area (Å²) < 4.78 is 0. The molecule has 0 fully saturated rings. The zero-order valence-electron chi connectivity index (χ0n) is 10.3. The maximum absolute atomic E-state index is 12.6. The molecular formula is C15H10Cl2N2O. The second kappa shape index (κ2) is 4.85. The summed E-state index contributed by atoms with van der Waals surface area (Å²) in [7, 11) is 0. The Labute approximate surface area is 125 Å². The second-order valence-electron chi connectivity index (χ2n) is 4.43. The third-order valence-corrected chi connectivity index (χ3v) is 3.71. The number of anilines is 1. The molecule has 3 aromatic rings. The Morgan fingerprint density at radius 1 is 1.10 bits per heavy atom. The summed E-state index contributed by atoms with van der Waals surface area (Å²) in [4.78, 5) is 15.6. The first-order valence-corrected chi connectivity index (χ1v) is 6.69. The molecule has 0 saturated carbocycles. The number of ketones is 1. The minimum absolute atomic E-state index is 0.182. The van der Waals surface area contributed by atoms with E-state index in [1.165, 1.54) is 0 Å². The summed E-state index contributed by atoms with van der Waals surface area (Å²) in [6.45, 7) is 0. The van der Waals surface area contributed by atoms with Gasteiger partial charge in [-0.3, -0.25) is 4.79 Å². The SMILES string of the molecule is Nc1cc(Cl)ccc1C(=O)c1c[nH]c2cccc(Cl)c12. The van der Waals surface area contributed by atoms with Gasteiger partial charge in [-0.25, -0.2) is 0 Å². The van der Waals surface area contributed by atoms with Crippen LogP contribution in [0.3, 0.4) is 0 Å². The summed E-state index contributed by atoms with van der Waals surface area (Å²) >= 11 is 12.0. The lowest BCUT2D eigenvalue weighted by Crippen LogP contribution is -2.04. The molecule has 5 heteroatoms. The van der Waals surface area contributed by atoms with Crippen LogP contribution >= 0.6 is 23.2 Å². The predicted octanol–water partition coefficient (Wildman–Crippen LogP) is 4.29. The topological polar surface area (TPSA) is 58.9 Å². The zero-order valence-corrected chi connectivity index (χ0v) is 11.8. The van der Waals surface area contributed by atoms with E-state index in [0.717, 1.165) is 5.52 Å². The Morgan fingerprint density at radius 3 is 2.65 bits per heavy atom. The van der Waals surface area contributed by atoms with Crippen LogP contribution in [0.1, 0.15) is 15.9 Å². The summed E-state index contributed by atoms with van der Waals surface area (Å²) in [5, 5.41) is 1.73. The smallest absolute Gasteiger partial charge is 0.197 e. The maximum Gasteiger partial charge on any atom is 0.197 e. The van der Waals surface area contributed by atoms with Gasteiger partial charge in [0, 0.05) is 38.9 Å². The van der Waals surface area contributed by atoms with E-state index in [-0.39, 0.29) is 5.78 Å². The molecule has 0 bridgehead atoms. The molecule has 3 N–H and O–H groups in total. The number of nitrogens with one attached hydrogen (secondary N) is 1. The quantitative estimate of drug-likeness (QED) is 0.548. The molecule has 3 nitrogen and oxygen atoms in total. The number of carbonyl (C=O) groups is 1. The van der Waals surface area contributed by atoms with Gasteiger partial charge in [0.15, 0.2) is 5.78 Å². The monoisotopic (exact) mass is 304 g/mol. The van der Waals surface area contributed by atoms with E-state index >= 15 is 0 Å². The summed E-state index contributed by atoms with van der Waals surface area (Å²) in [6, 6.07) is 10.3. The average molecular weight is 305 g/mol. The van der Waals surface area contributed by atoms with Gasteiger partial charge in [-0.15, -0.1) is 0 Å². The zero-order chi connectivity index (χ0) is 14.3. The Kier molecular flexibility index (Phi) is 3.16. The van der Waals surface area contributed by atoms with Crippen molar-refractivity contribution < 1.29 is 4.79 Å². The largest absolute Gasteiger partial charge is 0.398 e. The lowest BCUT2D eigenvalue weighted by molar-refractivity contribution is 0.104. The molecule has 2 aromatic carbocycles. The van der Waals surface area contributed by atoms with E-state index in [1.54, 1.807) is 30.5 Å². The number of nitrogen functional groups attached to an aromatic ring is 1. The van der Waals surface area contributed by atoms with E-state index < -0.39 is 0 Å². The highest BCUT2D eigenvalue weighted by molar-refractivity contribution is 6.37. The number of rotatable bonds is 2. The van der Waals surface area contributed by atoms with Gasteiger partial charge in [0.05, 0.1) is 5.02 Å². The number of aromatic nitrogens is 1. The van der Waals surface area contributed by atoms with Crippen LogP contribution in [0.15, 0.2) is 42.6 Å². The minimum atomic E-state index is -0.182. The molecule has 1 heterocycles. The van der Waals surface area contributed by atoms with Gasteiger partial charge in [0.2, 0.25) is 0 Å². The van der Waals surface area contributed by atoms with Crippen molar-refractivity contribution in [2.24, 2.45) is 0 Å². The van der Waals surface area contributed by atoms with Crippen molar-refractivity contribution in [3.8, 4) is 0 Å². The fourth-order valence-electron chi connectivity index (χ4n) is 2.20. The first-order chi connectivity index (χ1) is 9.58. The first-order valence-electron chi connectivity index (χ1n) is 5.93. The lowest BCUT2D eigenvalue weighted by Gasteiger charge is -2.05. The molecule has 3 rings (SSSR count). The Morgan fingerprint density at radius 2 is 1.90 bits per heavy atom. The van der Waals surface area contributed by atoms with Gasteiger partial charge in [0.1, 0.15) is 0 Å². The first kappa shape index (κ1) is 13.0. The van der Waals surface area contributed by atoms with E-state index in [2.05, 4.69) is 4.98 Å². The van der Waals surface area contributed by atoms with Gasteiger partial charge >= 0.3 is 0 Å². The second-order valence-corrected chi connectivity index (χ2v) is 5.27. The number of carbonyl (C=O) groups excluding carboxylic acids is 1. The van der Waals surface area contributed by atoms with Crippen molar-refractivity contribution in [1.29, 1.82) is 0 Å². The van der Waals surface area contributed by atoms with Gasteiger partial charge in [-0.05, 0) is 30.3 Å². The molecule has 0 atom stereocenters. The third-order valence-electron chi connectivity index (χ3n) is 3.16. The number of aromatic amines is 1. The molecule has 0 aliphatic rings. The highest BCUT2D eigenvalue weighted by atomic mass is 35.5. The molecule has 0 aliphatic carbocycles. The van der Waals surface area contributed by atoms with Crippen LogP contribution in [-0.2, 0) is 0 Å². The number of hydrogen-bond donors (Lipinski definition) is 2. The summed E-state index contributed by atoms with van der Waals surface area (Å²) in [5.41, 5.74) is 7.94. The van der Waals surface area contributed by atoms with Crippen LogP contribution < -0.4 is 5.73 Å². The number of hydrogen-bond acceptors (Lipinski definition) is 2. The molecule has 0 spiro atoms. The van der Waals surface area contributed by atoms with Crippen molar-refractivity contribution in [3.05, 3.63) is 63.8 Å². The molecule has 0 aliphatic heterocycles. The van der Waals surface area contributed by atoms with Crippen LogP contribution in [0.25, 0.3) is 10.9 Å². The van der Waals surface area contributed by atoms with E-state index in [0.29, 0.717) is 32.2 Å². The number of fused-ring (bicyclic) bond motifs is 1. The lowest BCUT2D eigenvalue weighted by atomic mass is 10.0. The third kappa shape index (κ3) is 2.05. The molecular weight excluding hydrogens is 295 g/mol. The van der Waals surface area contributed by atoms with Crippen molar-refractivity contribution in [1.82, 2.24) is 4.98 Å².